The summed E-state index contributed by atoms with van der Waals surface area (Å²) in [5, 5.41) is 0. The minimum absolute atomic E-state index is 0.114. The van der Waals surface area contributed by atoms with Crippen LogP contribution in [0.15, 0.2) is 61.4 Å². The normalized spacial score (nSPS) is 20.0. The predicted octanol–water partition coefficient (Wildman–Crippen LogP) is 3.95. The molecule has 1 atom stereocenters. The van der Waals surface area contributed by atoms with Crippen LogP contribution in [0.5, 0.6) is 0 Å². The number of aromatic nitrogens is 1. The SMILES string of the molecule is C=CCN1CCN(C(=O)C2CCCC2)C[C@H](Cc2ccccc2-c2cccnc2)C1=O. The van der Waals surface area contributed by atoms with Gasteiger partial charge in [-0.1, -0.05) is 49.2 Å². The molecule has 2 aromatic rings. The maximum absolute atomic E-state index is 13.4. The van der Waals surface area contributed by atoms with E-state index >= 15 is 0 Å². The highest BCUT2D eigenvalue weighted by Crippen LogP contribution is 2.29. The quantitative estimate of drug-likeness (QED) is 0.669. The highest BCUT2D eigenvalue weighted by atomic mass is 16.2. The molecule has 4 rings (SSSR count). The molecule has 0 bridgehead atoms. The number of carbonyl (C=O) groups is 2. The maximum atomic E-state index is 13.4. The molecule has 1 saturated carbocycles. The van der Waals surface area contributed by atoms with E-state index in [2.05, 4.69) is 23.7 Å². The molecular formula is C26H31N3O2. The third-order valence-corrected chi connectivity index (χ3v) is 6.56. The molecule has 31 heavy (non-hydrogen) atoms. The molecule has 1 aromatic carbocycles. The maximum Gasteiger partial charge on any atom is 0.228 e. The molecule has 1 saturated heterocycles. The zero-order chi connectivity index (χ0) is 21.6. The molecule has 0 spiro atoms. The van der Waals surface area contributed by atoms with Crippen molar-refractivity contribution in [1.82, 2.24) is 14.8 Å². The molecule has 1 aliphatic heterocycles. The second-order valence-electron chi connectivity index (χ2n) is 8.64. The van der Waals surface area contributed by atoms with Crippen LogP contribution < -0.4 is 0 Å². The number of pyridine rings is 1. The second kappa shape index (κ2) is 9.90. The molecule has 1 aliphatic carbocycles. The van der Waals surface area contributed by atoms with Gasteiger partial charge in [0, 0.05) is 50.1 Å². The fraction of sp³-hybridized carbons (Fsp3) is 0.423. The van der Waals surface area contributed by atoms with Crippen LogP contribution in [0.3, 0.4) is 0 Å². The molecule has 2 heterocycles. The van der Waals surface area contributed by atoms with Gasteiger partial charge in [-0.3, -0.25) is 14.6 Å². The molecule has 2 fully saturated rings. The number of nitrogens with zero attached hydrogens (tertiary/aromatic N) is 3. The summed E-state index contributed by atoms with van der Waals surface area (Å²) in [5.74, 6) is 0.217. The first-order valence-electron chi connectivity index (χ1n) is 11.3. The molecule has 5 nitrogen and oxygen atoms in total. The zero-order valence-electron chi connectivity index (χ0n) is 18.1. The number of hydrogen-bond donors (Lipinski definition) is 0. The Balaban J connectivity index is 1.60. The van der Waals surface area contributed by atoms with Crippen LogP contribution >= 0.6 is 0 Å². The van der Waals surface area contributed by atoms with Crippen molar-refractivity contribution in [3.05, 3.63) is 67.0 Å². The fourth-order valence-corrected chi connectivity index (χ4v) is 4.93. The molecule has 2 amide bonds. The summed E-state index contributed by atoms with van der Waals surface area (Å²) in [5.41, 5.74) is 3.25. The van der Waals surface area contributed by atoms with Crippen LogP contribution in [0.4, 0.5) is 0 Å². The summed E-state index contributed by atoms with van der Waals surface area (Å²) in [6.07, 6.45) is 10.2. The van der Waals surface area contributed by atoms with E-state index in [0.29, 0.717) is 32.6 Å². The zero-order valence-corrected chi connectivity index (χ0v) is 18.1. The number of hydrogen-bond acceptors (Lipinski definition) is 3. The van der Waals surface area contributed by atoms with Crippen molar-refractivity contribution in [2.75, 3.05) is 26.2 Å². The number of amides is 2. The topological polar surface area (TPSA) is 53.5 Å². The lowest BCUT2D eigenvalue weighted by molar-refractivity contribution is -0.136. The van der Waals surface area contributed by atoms with E-state index in [0.717, 1.165) is 42.4 Å². The van der Waals surface area contributed by atoms with Crippen molar-refractivity contribution < 1.29 is 9.59 Å². The van der Waals surface area contributed by atoms with Gasteiger partial charge >= 0.3 is 0 Å². The van der Waals surface area contributed by atoms with Gasteiger partial charge in [-0.2, -0.15) is 0 Å². The van der Waals surface area contributed by atoms with Crippen molar-refractivity contribution in [2.24, 2.45) is 11.8 Å². The van der Waals surface area contributed by atoms with E-state index in [4.69, 9.17) is 0 Å². The standard InChI is InChI=1S/C26H31N3O2/c1-2-14-28-15-16-29(25(30)20-8-3-4-9-20)19-23(26(28)31)17-21-10-5-6-12-24(21)22-11-7-13-27-18-22/h2,5-7,10-13,18,20,23H,1,3-4,8-9,14-17,19H2/t23-/m0/s1. The first-order valence-corrected chi connectivity index (χ1v) is 11.3. The highest BCUT2D eigenvalue weighted by molar-refractivity contribution is 5.84. The van der Waals surface area contributed by atoms with Crippen LogP contribution in [0.25, 0.3) is 11.1 Å². The van der Waals surface area contributed by atoms with Crippen molar-refractivity contribution in [1.29, 1.82) is 0 Å². The first-order chi connectivity index (χ1) is 15.2. The van der Waals surface area contributed by atoms with Crippen LogP contribution in [0.2, 0.25) is 0 Å². The van der Waals surface area contributed by atoms with Crippen molar-refractivity contribution in [2.45, 2.75) is 32.1 Å². The Morgan fingerprint density at radius 2 is 1.94 bits per heavy atom. The Kier molecular flexibility index (Phi) is 6.80. The van der Waals surface area contributed by atoms with Crippen LogP contribution in [0.1, 0.15) is 31.2 Å². The van der Waals surface area contributed by atoms with Gasteiger partial charge in [-0.25, -0.2) is 0 Å². The molecule has 5 heteroatoms. The van der Waals surface area contributed by atoms with E-state index in [9.17, 15) is 9.59 Å². The molecular weight excluding hydrogens is 386 g/mol. The van der Waals surface area contributed by atoms with Gasteiger partial charge in [-0.05, 0) is 36.5 Å². The fourth-order valence-electron chi connectivity index (χ4n) is 4.93. The molecule has 0 N–H and O–H groups in total. The predicted molar refractivity (Wildman–Crippen MR) is 122 cm³/mol. The largest absolute Gasteiger partial charge is 0.340 e. The number of rotatable bonds is 6. The van der Waals surface area contributed by atoms with Gasteiger partial charge in [-0.15, -0.1) is 6.58 Å². The molecule has 2 aliphatic rings. The van der Waals surface area contributed by atoms with E-state index in [1.807, 2.05) is 40.3 Å². The third-order valence-electron chi connectivity index (χ3n) is 6.56. The number of carbonyl (C=O) groups excluding carboxylic acids is 2. The molecule has 0 unspecified atom stereocenters. The van der Waals surface area contributed by atoms with Crippen molar-refractivity contribution in [3.8, 4) is 11.1 Å². The van der Waals surface area contributed by atoms with Gasteiger partial charge in [0.15, 0.2) is 0 Å². The Morgan fingerprint density at radius 1 is 1.13 bits per heavy atom. The van der Waals surface area contributed by atoms with E-state index in [-0.39, 0.29) is 23.7 Å². The summed E-state index contributed by atoms with van der Waals surface area (Å²) < 4.78 is 0. The molecule has 0 radical (unpaired) electrons. The molecule has 162 valence electrons. The molecule has 1 aromatic heterocycles. The monoisotopic (exact) mass is 417 g/mol. The van der Waals surface area contributed by atoms with Crippen LogP contribution in [0, 0.1) is 11.8 Å². The minimum atomic E-state index is -0.259. The lowest BCUT2D eigenvalue weighted by Crippen LogP contribution is -2.40. The Hall–Kier alpha value is -2.95. The van der Waals surface area contributed by atoms with Gasteiger partial charge < -0.3 is 9.80 Å². The number of benzene rings is 1. The van der Waals surface area contributed by atoms with E-state index < -0.39 is 0 Å². The Bertz CT molecular complexity index is 921. The highest BCUT2D eigenvalue weighted by Gasteiger charge is 2.35. The van der Waals surface area contributed by atoms with Gasteiger partial charge in [0.05, 0.1) is 5.92 Å². The van der Waals surface area contributed by atoms with Crippen molar-refractivity contribution >= 4 is 11.8 Å². The summed E-state index contributed by atoms with van der Waals surface area (Å²) in [7, 11) is 0. The third kappa shape index (κ3) is 4.87. The lowest BCUT2D eigenvalue weighted by atomic mass is 9.91. The van der Waals surface area contributed by atoms with Gasteiger partial charge in [0.25, 0.3) is 0 Å². The lowest BCUT2D eigenvalue weighted by Gasteiger charge is -2.26. The first kappa shape index (κ1) is 21.3. The Labute approximate surface area is 184 Å². The van der Waals surface area contributed by atoms with Crippen LogP contribution in [-0.2, 0) is 16.0 Å². The smallest absolute Gasteiger partial charge is 0.228 e. The summed E-state index contributed by atoms with van der Waals surface area (Å²) in [6, 6.07) is 12.2. The van der Waals surface area contributed by atoms with E-state index in [1.165, 1.54) is 0 Å². The summed E-state index contributed by atoms with van der Waals surface area (Å²) >= 11 is 0. The average Bonchev–Trinajstić information content (AvgIpc) is 3.30. The minimum Gasteiger partial charge on any atom is -0.340 e. The Morgan fingerprint density at radius 3 is 2.68 bits per heavy atom. The van der Waals surface area contributed by atoms with E-state index in [1.54, 1.807) is 12.3 Å². The summed E-state index contributed by atoms with van der Waals surface area (Å²) in [4.78, 5) is 34.6. The second-order valence-corrected chi connectivity index (χ2v) is 8.64. The van der Waals surface area contributed by atoms with Gasteiger partial charge in [0.2, 0.25) is 11.8 Å². The average molecular weight is 418 g/mol. The van der Waals surface area contributed by atoms with Crippen LogP contribution in [-0.4, -0.2) is 52.8 Å². The summed E-state index contributed by atoms with van der Waals surface area (Å²) in [6.45, 7) is 6.01. The van der Waals surface area contributed by atoms with Gasteiger partial charge in [0.1, 0.15) is 0 Å². The van der Waals surface area contributed by atoms with Crippen molar-refractivity contribution in [3.63, 3.8) is 0 Å².